The minimum absolute atomic E-state index is 0.0604. The fraction of sp³-hybridized carbons (Fsp3) is 0.462. The third kappa shape index (κ3) is 4.01. The van der Waals surface area contributed by atoms with Crippen LogP contribution < -0.4 is 10.5 Å². The van der Waals surface area contributed by atoms with Crippen LogP contribution in [0.5, 0.6) is 0 Å². The molecule has 0 saturated heterocycles. The number of primary sulfonamides is 1. The van der Waals surface area contributed by atoms with E-state index in [1.807, 2.05) is 13.8 Å². The highest BCUT2D eigenvalue weighted by Crippen LogP contribution is 2.19. The van der Waals surface area contributed by atoms with E-state index < -0.39 is 26.6 Å². The van der Waals surface area contributed by atoms with Crippen molar-refractivity contribution in [1.29, 1.82) is 0 Å². The van der Waals surface area contributed by atoms with E-state index in [0.717, 1.165) is 12.5 Å². The maximum absolute atomic E-state index is 13.7. The third-order valence-electron chi connectivity index (χ3n) is 3.10. The lowest BCUT2D eigenvalue weighted by molar-refractivity contribution is 0.0947. The first-order chi connectivity index (χ1) is 9.16. The molecule has 7 heteroatoms. The molecule has 0 spiro atoms. The van der Waals surface area contributed by atoms with Crippen molar-refractivity contribution in [3.8, 4) is 0 Å². The molecule has 3 N–H and O–H groups in total. The lowest BCUT2D eigenvalue weighted by atomic mass is 10.1. The van der Waals surface area contributed by atoms with Crippen LogP contribution in [0, 0.1) is 18.7 Å². The van der Waals surface area contributed by atoms with Crippen LogP contribution in [-0.2, 0) is 10.0 Å². The van der Waals surface area contributed by atoms with Gasteiger partial charge in [0.2, 0.25) is 10.0 Å². The highest BCUT2D eigenvalue weighted by molar-refractivity contribution is 7.89. The summed E-state index contributed by atoms with van der Waals surface area (Å²) in [5.74, 6) is -1.07. The van der Waals surface area contributed by atoms with Crippen molar-refractivity contribution in [3.63, 3.8) is 0 Å². The van der Waals surface area contributed by atoms with Gasteiger partial charge in [-0.15, -0.1) is 0 Å². The van der Waals surface area contributed by atoms with Gasteiger partial charge in [0.05, 0.1) is 0 Å². The molecule has 0 aliphatic heterocycles. The first-order valence-corrected chi connectivity index (χ1v) is 7.82. The van der Waals surface area contributed by atoms with E-state index in [9.17, 15) is 17.6 Å². The predicted octanol–water partition coefficient (Wildman–Crippen LogP) is 1.56. The molecule has 20 heavy (non-hydrogen) atoms. The number of rotatable bonds is 5. The molecular weight excluding hydrogens is 283 g/mol. The molecule has 1 unspecified atom stereocenters. The van der Waals surface area contributed by atoms with Gasteiger partial charge in [-0.2, -0.15) is 0 Å². The molecule has 112 valence electrons. The molecule has 0 aliphatic carbocycles. The second-order valence-electron chi connectivity index (χ2n) is 4.87. The van der Waals surface area contributed by atoms with Crippen LogP contribution in [0.25, 0.3) is 0 Å². The Bertz CT molecular complexity index is 614. The van der Waals surface area contributed by atoms with E-state index in [0.29, 0.717) is 12.5 Å². The fourth-order valence-corrected chi connectivity index (χ4v) is 2.29. The van der Waals surface area contributed by atoms with Crippen LogP contribution in [0.3, 0.4) is 0 Å². The minimum Gasteiger partial charge on any atom is -0.352 e. The van der Waals surface area contributed by atoms with Crippen molar-refractivity contribution in [3.05, 3.63) is 29.1 Å². The van der Waals surface area contributed by atoms with Gasteiger partial charge >= 0.3 is 0 Å². The summed E-state index contributed by atoms with van der Waals surface area (Å²) in [6.45, 7) is 5.83. The van der Waals surface area contributed by atoms with Crippen LogP contribution in [0.1, 0.15) is 36.2 Å². The lowest BCUT2D eigenvalue weighted by Gasteiger charge is -2.12. The Kier molecular flexibility index (Phi) is 5.24. The van der Waals surface area contributed by atoms with Gasteiger partial charge < -0.3 is 5.32 Å². The Balaban J connectivity index is 3.09. The van der Waals surface area contributed by atoms with Crippen LogP contribution in [-0.4, -0.2) is 20.9 Å². The van der Waals surface area contributed by atoms with Gasteiger partial charge in [0.1, 0.15) is 10.7 Å². The maximum Gasteiger partial charge on any atom is 0.251 e. The number of aryl methyl sites for hydroxylation is 1. The van der Waals surface area contributed by atoms with E-state index in [1.165, 1.54) is 13.0 Å². The number of halogens is 1. The number of benzene rings is 1. The van der Waals surface area contributed by atoms with E-state index in [1.54, 1.807) is 0 Å². The van der Waals surface area contributed by atoms with Crippen LogP contribution in [0.4, 0.5) is 4.39 Å². The second kappa shape index (κ2) is 6.32. The number of carbonyl (C=O) groups is 1. The normalized spacial score (nSPS) is 13.1. The molecule has 5 nitrogen and oxygen atoms in total. The van der Waals surface area contributed by atoms with Crippen LogP contribution in [0.2, 0.25) is 0 Å². The molecule has 1 atom stereocenters. The van der Waals surface area contributed by atoms with Crippen molar-refractivity contribution in [2.45, 2.75) is 32.1 Å². The van der Waals surface area contributed by atoms with E-state index in [4.69, 9.17) is 5.14 Å². The van der Waals surface area contributed by atoms with Crippen molar-refractivity contribution in [2.24, 2.45) is 11.1 Å². The van der Waals surface area contributed by atoms with Crippen molar-refractivity contribution in [2.75, 3.05) is 6.54 Å². The van der Waals surface area contributed by atoms with Gasteiger partial charge in [-0.1, -0.05) is 20.3 Å². The third-order valence-corrected chi connectivity index (χ3v) is 4.01. The maximum atomic E-state index is 13.7. The molecule has 1 aromatic rings. The molecule has 0 aliphatic rings. The fourth-order valence-electron chi connectivity index (χ4n) is 1.59. The first kappa shape index (κ1) is 16.6. The summed E-state index contributed by atoms with van der Waals surface area (Å²) in [6, 6.07) is 2.26. The summed E-state index contributed by atoms with van der Waals surface area (Å²) in [6.07, 6.45) is 0.908. The zero-order valence-electron chi connectivity index (χ0n) is 11.7. The summed E-state index contributed by atoms with van der Waals surface area (Å²) in [5.41, 5.74) is 0.140. The Morgan fingerprint density at radius 3 is 2.55 bits per heavy atom. The first-order valence-electron chi connectivity index (χ1n) is 6.28. The van der Waals surface area contributed by atoms with Crippen molar-refractivity contribution >= 4 is 15.9 Å². The van der Waals surface area contributed by atoms with Crippen molar-refractivity contribution in [1.82, 2.24) is 5.32 Å². The summed E-state index contributed by atoms with van der Waals surface area (Å²) in [5, 5.41) is 7.62. The molecular formula is C13H19FN2O3S. The Labute approximate surface area is 118 Å². The highest BCUT2D eigenvalue weighted by atomic mass is 32.2. The quantitative estimate of drug-likeness (QED) is 0.865. The molecule has 1 aromatic carbocycles. The van der Waals surface area contributed by atoms with Gasteiger partial charge in [-0.3, -0.25) is 4.79 Å². The van der Waals surface area contributed by atoms with Gasteiger partial charge in [0.15, 0.2) is 0 Å². The molecule has 0 bridgehead atoms. The Morgan fingerprint density at radius 1 is 1.45 bits per heavy atom. The Morgan fingerprint density at radius 2 is 2.05 bits per heavy atom. The predicted molar refractivity (Wildman–Crippen MR) is 74.3 cm³/mol. The minimum atomic E-state index is -4.20. The molecule has 1 amide bonds. The Hall–Kier alpha value is -1.47. The number of hydrogen-bond acceptors (Lipinski definition) is 3. The van der Waals surface area contributed by atoms with E-state index in [-0.39, 0.29) is 11.1 Å². The molecule has 0 saturated carbocycles. The van der Waals surface area contributed by atoms with Gasteiger partial charge in [0, 0.05) is 12.1 Å². The van der Waals surface area contributed by atoms with E-state index >= 15 is 0 Å². The smallest absolute Gasteiger partial charge is 0.251 e. The summed E-state index contributed by atoms with van der Waals surface area (Å²) in [7, 11) is -4.20. The number of amides is 1. The summed E-state index contributed by atoms with van der Waals surface area (Å²) < 4.78 is 36.3. The van der Waals surface area contributed by atoms with Crippen LogP contribution in [0.15, 0.2) is 17.0 Å². The topological polar surface area (TPSA) is 89.3 Å². The molecule has 0 radical (unpaired) electrons. The van der Waals surface area contributed by atoms with Crippen LogP contribution >= 0.6 is 0 Å². The zero-order chi connectivity index (χ0) is 15.5. The van der Waals surface area contributed by atoms with Crippen molar-refractivity contribution < 1.29 is 17.6 Å². The average Bonchev–Trinajstić information content (AvgIpc) is 2.36. The highest BCUT2D eigenvalue weighted by Gasteiger charge is 2.20. The summed E-state index contributed by atoms with van der Waals surface area (Å²) >= 11 is 0. The van der Waals surface area contributed by atoms with Gasteiger partial charge in [-0.25, -0.2) is 17.9 Å². The van der Waals surface area contributed by atoms with E-state index in [2.05, 4.69) is 5.32 Å². The lowest BCUT2D eigenvalue weighted by Crippen LogP contribution is -2.28. The zero-order valence-corrected chi connectivity index (χ0v) is 12.6. The number of nitrogens with two attached hydrogens (primary N) is 1. The largest absolute Gasteiger partial charge is 0.352 e. The summed E-state index contributed by atoms with van der Waals surface area (Å²) in [4.78, 5) is 11.3. The monoisotopic (exact) mass is 302 g/mol. The molecule has 1 rings (SSSR count). The number of nitrogens with one attached hydrogen (secondary N) is 1. The average molecular weight is 302 g/mol. The number of hydrogen-bond donors (Lipinski definition) is 2. The standard InChI is InChI=1S/C13H19FN2O3S/c1-4-8(2)7-16-13(17)10-5-9(3)12(14)11(6-10)20(15,18)19/h5-6,8H,4,7H2,1-3H3,(H,16,17)(H2,15,18,19). The second-order valence-corrected chi connectivity index (χ2v) is 6.40. The SMILES string of the molecule is CCC(C)CNC(=O)c1cc(C)c(F)c(S(N)(=O)=O)c1. The molecule has 0 aromatic heterocycles. The van der Waals surface area contributed by atoms with Gasteiger partial charge in [-0.05, 0) is 30.5 Å². The number of sulfonamides is 1. The molecule has 0 fully saturated rings. The van der Waals surface area contributed by atoms with Gasteiger partial charge in [0.25, 0.3) is 5.91 Å². The number of carbonyl (C=O) groups excluding carboxylic acids is 1. The molecule has 0 heterocycles.